The Bertz CT molecular complexity index is 276. The van der Waals surface area contributed by atoms with Crippen molar-refractivity contribution in [2.45, 2.75) is 26.2 Å². The number of ether oxygens (including phenoxy) is 2. The van der Waals surface area contributed by atoms with E-state index in [0.717, 1.165) is 26.1 Å². The summed E-state index contributed by atoms with van der Waals surface area (Å²) in [7, 11) is 0. The molecule has 0 amide bonds. The first-order chi connectivity index (χ1) is 7.84. The Labute approximate surface area is 110 Å². The third kappa shape index (κ3) is 5.99. The number of thiophene rings is 1. The van der Waals surface area contributed by atoms with Crippen LogP contribution in [0, 0.1) is 0 Å². The van der Waals surface area contributed by atoms with Gasteiger partial charge in [-0.05, 0) is 45.8 Å². The van der Waals surface area contributed by atoms with Crippen LogP contribution in [-0.4, -0.2) is 26.4 Å². The third-order valence-electron chi connectivity index (χ3n) is 2.22. The van der Waals surface area contributed by atoms with Crippen molar-refractivity contribution in [2.24, 2.45) is 0 Å². The van der Waals surface area contributed by atoms with Crippen molar-refractivity contribution in [2.75, 3.05) is 26.4 Å². The maximum atomic E-state index is 5.50. The second-order valence-electron chi connectivity index (χ2n) is 3.55. The fourth-order valence-electron chi connectivity index (χ4n) is 1.25. The molecule has 0 fully saturated rings. The van der Waals surface area contributed by atoms with E-state index in [0.29, 0.717) is 13.2 Å². The van der Waals surface area contributed by atoms with Crippen molar-refractivity contribution >= 4 is 27.3 Å². The molecular formula is C12H19BrO2S. The Balaban J connectivity index is 1.91. The van der Waals surface area contributed by atoms with E-state index in [9.17, 15) is 0 Å². The van der Waals surface area contributed by atoms with E-state index in [1.165, 1.54) is 15.8 Å². The van der Waals surface area contributed by atoms with Crippen LogP contribution >= 0.6 is 27.3 Å². The summed E-state index contributed by atoms with van der Waals surface area (Å²) < 4.78 is 12.1. The highest BCUT2D eigenvalue weighted by Crippen LogP contribution is 2.23. The highest BCUT2D eigenvalue weighted by Gasteiger charge is 2.00. The van der Waals surface area contributed by atoms with Gasteiger partial charge in [0.2, 0.25) is 0 Å². The number of unbranched alkanes of at least 4 members (excludes halogenated alkanes) is 1. The lowest BCUT2D eigenvalue weighted by Gasteiger charge is -2.05. The molecule has 0 unspecified atom stereocenters. The van der Waals surface area contributed by atoms with Gasteiger partial charge in [-0.1, -0.05) is 13.3 Å². The zero-order chi connectivity index (χ0) is 11.6. The summed E-state index contributed by atoms with van der Waals surface area (Å²) in [6.07, 6.45) is 3.30. The molecule has 1 rings (SSSR count). The van der Waals surface area contributed by atoms with E-state index in [-0.39, 0.29) is 0 Å². The lowest BCUT2D eigenvalue weighted by Crippen LogP contribution is -2.07. The fourth-order valence-corrected chi connectivity index (χ4v) is 2.58. The highest BCUT2D eigenvalue weighted by molar-refractivity contribution is 9.11. The minimum absolute atomic E-state index is 0.700. The summed E-state index contributed by atoms with van der Waals surface area (Å²) in [6, 6.07) is 2.13. The van der Waals surface area contributed by atoms with Crippen molar-refractivity contribution < 1.29 is 9.47 Å². The Kier molecular flexibility index (Phi) is 8.11. The zero-order valence-corrected chi connectivity index (χ0v) is 12.1. The number of rotatable bonds is 9. The summed E-state index contributed by atoms with van der Waals surface area (Å²) in [5.74, 6) is 0. The van der Waals surface area contributed by atoms with Crippen LogP contribution < -0.4 is 0 Å². The summed E-state index contributed by atoms with van der Waals surface area (Å²) in [6.45, 7) is 5.21. The lowest BCUT2D eigenvalue weighted by atomic mass is 10.3. The molecule has 0 spiro atoms. The summed E-state index contributed by atoms with van der Waals surface area (Å²) in [5.41, 5.74) is 1.33. The normalized spacial score (nSPS) is 10.9. The largest absolute Gasteiger partial charge is 0.379 e. The summed E-state index contributed by atoms with van der Waals surface area (Å²) in [5, 5.41) is 2.09. The van der Waals surface area contributed by atoms with Crippen LogP contribution in [-0.2, 0) is 15.9 Å². The lowest BCUT2D eigenvalue weighted by molar-refractivity contribution is 0.0478. The topological polar surface area (TPSA) is 18.5 Å². The van der Waals surface area contributed by atoms with Gasteiger partial charge in [0, 0.05) is 6.61 Å². The molecule has 16 heavy (non-hydrogen) atoms. The molecule has 1 aromatic rings. The Morgan fingerprint density at radius 3 is 2.56 bits per heavy atom. The number of hydrogen-bond acceptors (Lipinski definition) is 3. The number of halogens is 1. The van der Waals surface area contributed by atoms with E-state index in [1.54, 1.807) is 11.3 Å². The predicted octanol–water partition coefficient (Wildman–Crippen LogP) is 3.89. The maximum Gasteiger partial charge on any atom is 0.0731 e. The van der Waals surface area contributed by atoms with Gasteiger partial charge < -0.3 is 9.47 Å². The smallest absolute Gasteiger partial charge is 0.0731 e. The second kappa shape index (κ2) is 9.16. The van der Waals surface area contributed by atoms with Crippen molar-refractivity contribution in [3.05, 3.63) is 20.8 Å². The molecular weight excluding hydrogens is 288 g/mol. The van der Waals surface area contributed by atoms with E-state index < -0.39 is 0 Å². The van der Waals surface area contributed by atoms with Crippen LogP contribution in [0.5, 0.6) is 0 Å². The molecule has 0 aliphatic rings. The van der Waals surface area contributed by atoms with Gasteiger partial charge in [0.15, 0.2) is 0 Å². The minimum atomic E-state index is 0.700. The molecule has 0 aliphatic carbocycles. The predicted molar refractivity (Wildman–Crippen MR) is 72.3 cm³/mol. The molecule has 0 radical (unpaired) electrons. The first-order valence-electron chi connectivity index (χ1n) is 5.72. The zero-order valence-electron chi connectivity index (χ0n) is 9.71. The average Bonchev–Trinajstić information content (AvgIpc) is 2.68. The van der Waals surface area contributed by atoms with E-state index in [4.69, 9.17) is 9.47 Å². The van der Waals surface area contributed by atoms with Crippen LogP contribution in [0.1, 0.15) is 25.3 Å². The van der Waals surface area contributed by atoms with Gasteiger partial charge in [0.25, 0.3) is 0 Å². The molecule has 92 valence electrons. The molecule has 4 heteroatoms. The molecule has 0 aliphatic heterocycles. The van der Waals surface area contributed by atoms with Gasteiger partial charge in [-0.3, -0.25) is 0 Å². The number of hydrogen-bond donors (Lipinski definition) is 0. The molecule has 0 atom stereocenters. The van der Waals surface area contributed by atoms with Crippen LogP contribution in [0.4, 0.5) is 0 Å². The molecule has 0 saturated heterocycles. The molecule has 0 aromatic carbocycles. The molecule has 2 nitrogen and oxygen atoms in total. The molecule has 1 heterocycles. The van der Waals surface area contributed by atoms with E-state index >= 15 is 0 Å². The monoisotopic (exact) mass is 306 g/mol. The van der Waals surface area contributed by atoms with Crippen LogP contribution in [0.15, 0.2) is 15.2 Å². The van der Waals surface area contributed by atoms with Gasteiger partial charge in [-0.15, -0.1) is 11.3 Å². The molecule has 0 saturated carbocycles. The van der Waals surface area contributed by atoms with Gasteiger partial charge in [0.1, 0.15) is 0 Å². The SMILES string of the molecule is CCCCOCCOCCc1ccsc1Br. The fraction of sp³-hybridized carbons (Fsp3) is 0.667. The quantitative estimate of drug-likeness (QED) is 0.645. The molecule has 0 bridgehead atoms. The van der Waals surface area contributed by atoms with Crippen molar-refractivity contribution in [3.8, 4) is 0 Å². The van der Waals surface area contributed by atoms with Crippen molar-refractivity contribution in [3.63, 3.8) is 0 Å². The Morgan fingerprint density at radius 2 is 1.94 bits per heavy atom. The molecule has 0 N–H and O–H groups in total. The second-order valence-corrected chi connectivity index (χ2v) is 5.78. The minimum Gasteiger partial charge on any atom is -0.379 e. The van der Waals surface area contributed by atoms with Gasteiger partial charge in [-0.25, -0.2) is 0 Å². The first kappa shape index (κ1) is 14.2. The summed E-state index contributed by atoms with van der Waals surface area (Å²) >= 11 is 5.23. The van der Waals surface area contributed by atoms with Gasteiger partial charge in [0.05, 0.1) is 23.6 Å². The van der Waals surface area contributed by atoms with Crippen LogP contribution in [0.3, 0.4) is 0 Å². The van der Waals surface area contributed by atoms with Crippen LogP contribution in [0.25, 0.3) is 0 Å². The maximum absolute atomic E-state index is 5.50. The third-order valence-corrected chi connectivity index (χ3v) is 4.03. The summed E-state index contributed by atoms with van der Waals surface area (Å²) in [4.78, 5) is 0. The van der Waals surface area contributed by atoms with Gasteiger partial charge in [-0.2, -0.15) is 0 Å². The van der Waals surface area contributed by atoms with E-state index in [2.05, 4.69) is 34.3 Å². The average molecular weight is 307 g/mol. The van der Waals surface area contributed by atoms with Gasteiger partial charge >= 0.3 is 0 Å². The van der Waals surface area contributed by atoms with Crippen molar-refractivity contribution in [1.29, 1.82) is 0 Å². The Hall–Kier alpha value is 0.100. The van der Waals surface area contributed by atoms with Crippen molar-refractivity contribution in [1.82, 2.24) is 0 Å². The highest BCUT2D eigenvalue weighted by atomic mass is 79.9. The van der Waals surface area contributed by atoms with E-state index in [1.807, 2.05) is 0 Å². The standard InChI is InChI=1S/C12H19BrO2S/c1-2-3-6-14-8-9-15-7-4-11-5-10-16-12(11)13/h5,10H,2-4,6-9H2,1H3. The first-order valence-corrected chi connectivity index (χ1v) is 7.39. The van der Waals surface area contributed by atoms with Crippen LogP contribution in [0.2, 0.25) is 0 Å². The molecule has 1 aromatic heterocycles. The Morgan fingerprint density at radius 1 is 1.19 bits per heavy atom.